The van der Waals surface area contributed by atoms with E-state index in [-0.39, 0.29) is 6.10 Å². The van der Waals surface area contributed by atoms with Gasteiger partial charge in [-0.05, 0) is 67.2 Å². The predicted molar refractivity (Wildman–Crippen MR) is 132 cm³/mol. The molecule has 0 amide bonds. The number of anilines is 2. The Hall–Kier alpha value is -3.36. The Bertz CT molecular complexity index is 1280. The second-order valence-electron chi connectivity index (χ2n) is 7.75. The van der Waals surface area contributed by atoms with Gasteiger partial charge in [-0.25, -0.2) is 9.97 Å². The lowest BCUT2D eigenvalue weighted by Gasteiger charge is -2.25. The summed E-state index contributed by atoms with van der Waals surface area (Å²) in [7, 11) is 3.28. The fourth-order valence-corrected chi connectivity index (χ4v) is 4.69. The molecule has 5 rings (SSSR count). The topological polar surface area (TPSA) is 77.5 Å². The van der Waals surface area contributed by atoms with Gasteiger partial charge in [0.05, 0.1) is 25.4 Å². The minimum absolute atomic E-state index is 0.0385. The highest BCUT2D eigenvalue weighted by atomic mass is 32.1. The van der Waals surface area contributed by atoms with Crippen molar-refractivity contribution >= 4 is 33.7 Å². The maximum atomic E-state index is 7.78. The van der Waals surface area contributed by atoms with Crippen molar-refractivity contribution in [3.63, 3.8) is 0 Å². The van der Waals surface area contributed by atoms with Crippen molar-refractivity contribution in [1.29, 1.82) is 0 Å². The zero-order valence-corrected chi connectivity index (χ0v) is 19.4. The predicted octanol–water partition coefficient (Wildman–Crippen LogP) is 5.25. The molecular weight excluding hydrogens is 436 g/mol. The van der Waals surface area contributed by atoms with Crippen molar-refractivity contribution in [3.8, 4) is 27.7 Å². The molecule has 2 aromatic heterocycles. The number of hydrogen-bond acceptors (Lipinski definition) is 8. The molecule has 0 atom stereocenters. The molecule has 7 nitrogen and oxygen atoms in total. The molecule has 1 aliphatic rings. The smallest absolute Gasteiger partial charge is 0.162 e. The SMILES string of the molecule is [2H]N1CCC(Oc2cc3c(Nc4cc(-c5cccs5)ccc4OC)ncnc3cc2OC)CC1. The van der Waals surface area contributed by atoms with Crippen LogP contribution in [0.5, 0.6) is 17.2 Å². The Labute approximate surface area is 198 Å². The van der Waals surface area contributed by atoms with E-state index in [0.717, 1.165) is 40.7 Å². The monoisotopic (exact) mass is 463 g/mol. The lowest BCUT2D eigenvalue weighted by Crippen LogP contribution is -2.34. The molecule has 0 radical (unpaired) electrons. The summed E-state index contributed by atoms with van der Waals surface area (Å²) in [6.07, 6.45) is 3.17. The average Bonchev–Trinajstić information content (AvgIpc) is 3.40. The standard InChI is InChI=1S/C25H26N4O3S/c1-30-21-6-5-16(24-4-3-11-33-24)12-20(21)29-25-18-13-23(32-17-7-9-26-10-8-17)22(31-2)14-19(18)27-15-28-25/h3-6,11-15,17,26H,7-10H2,1-2H3,(H,27,28,29)/i/hD. The second-order valence-corrected chi connectivity index (χ2v) is 8.70. The number of benzene rings is 2. The molecule has 8 heteroatoms. The molecule has 0 bridgehead atoms. The Morgan fingerprint density at radius 1 is 1.03 bits per heavy atom. The van der Waals surface area contributed by atoms with Crippen LogP contribution in [0, 0.1) is 0 Å². The van der Waals surface area contributed by atoms with E-state index in [0.29, 0.717) is 30.4 Å². The summed E-state index contributed by atoms with van der Waals surface area (Å²) < 4.78 is 25.3. The van der Waals surface area contributed by atoms with Crippen LogP contribution in [-0.4, -0.2) is 43.4 Å². The minimum Gasteiger partial charge on any atom is -0.495 e. The second kappa shape index (κ2) is 9.64. The van der Waals surface area contributed by atoms with Crippen LogP contribution in [0.15, 0.2) is 54.2 Å². The number of thiophene rings is 1. The molecule has 0 aliphatic carbocycles. The first-order valence-electron chi connectivity index (χ1n) is 11.3. The Morgan fingerprint density at radius 2 is 1.88 bits per heavy atom. The van der Waals surface area contributed by atoms with Crippen LogP contribution in [0.25, 0.3) is 21.3 Å². The van der Waals surface area contributed by atoms with Crippen LogP contribution in [0.3, 0.4) is 0 Å². The summed E-state index contributed by atoms with van der Waals surface area (Å²) >= 11 is 1.69. The van der Waals surface area contributed by atoms with E-state index in [1.54, 1.807) is 30.9 Å². The first-order valence-corrected chi connectivity index (χ1v) is 11.7. The molecule has 2 aromatic carbocycles. The van der Waals surface area contributed by atoms with Gasteiger partial charge in [-0.1, -0.05) is 6.07 Å². The number of rotatable bonds is 7. The van der Waals surface area contributed by atoms with Crippen LogP contribution in [0.2, 0.25) is 1.41 Å². The van der Waals surface area contributed by atoms with E-state index < -0.39 is 0 Å². The number of hydrogen-bond donors (Lipinski definition) is 2. The Balaban J connectivity index is 1.51. The van der Waals surface area contributed by atoms with Gasteiger partial charge in [0.15, 0.2) is 11.5 Å². The van der Waals surface area contributed by atoms with Crippen molar-refractivity contribution in [2.75, 3.05) is 32.6 Å². The van der Waals surface area contributed by atoms with Crippen molar-refractivity contribution in [1.82, 2.24) is 15.3 Å². The lowest BCUT2D eigenvalue weighted by molar-refractivity contribution is 0.157. The number of methoxy groups -OCH3 is 2. The summed E-state index contributed by atoms with van der Waals surface area (Å²) in [5.74, 6) is 2.65. The highest BCUT2D eigenvalue weighted by Crippen LogP contribution is 2.38. The normalized spacial score (nSPS) is 15.3. The van der Waals surface area contributed by atoms with E-state index in [1.165, 1.54) is 11.2 Å². The molecule has 1 saturated heterocycles. The summed E-state index contributed by atoms with van der Waals surface area (Å²) in [5, 5.41) is 7.90. The number of nitrogens with one attached hydrogen (secondary N) is 2. The van der Waals surface area contributed by atoms with Gasteiger partial charge in [0, 0.05) is 16.3 Å². The van der Waals surface area contributed by atoms with Crippen molar-refractivity contribution in [2.24, 2.45) is 0 Å². The van der Waals surface area contributed by atoms with Crippen LogP contribution >= 0.6 is 11.3 Å². The lowest BCUT2D eigenvalue weighted by atomic mass is 10.1. The fourth-order valence-electron chi connectivity index (χ4n) is 3.97. The third-order valence-electron chi connectivity index (χ3n) is 5.69. The Kier molecular flexibility index (Phi) is 5.92. The molecule has 0 saturated carbocycles. The zero-order chi connectivity index (χ0) is 23.5. The largest absolute Gasteiger partial charge is 0.495 e. The van der Waals surface area contributed by atoms with E-state index in [9.17, 15) is 0 Å². The molecule has 170 valence electrons. The molecule has 2 N–H and O–H groups in total. The fraction of sp³-hybridized carbons (Fsp3) is 0.280. The molecule has 3 heterocycles. The maximum Gasteiger partial charge on any atom is 0.162 e. The number of piperidine rings is 1. The quantitative estimate of drug-likeness (QED) is 0.388. The van der Waals surface area contributed by atoms with Gasteiger partial charge in [0.25, 0.3) is 0 Å². The van der Waals surface area contributed by atoms with Gasteiger partial charge in [-0.2, -0.15) is 0 Å². The first kappa shape index (κ1) is 20.3. The molecule has 1 fully saturated rings. The molecule has 0 unspecified atom stereocenters. The molecule has 0 spiro atoms. The van der Waals surface area contributed by atoms with E-state index in [1.807, 2.05) is 30.3 Å². The van der Waals surface area contributed by atoms with Gasteiger partial charge in [-0.3, -0.25) is 0 Å². The highest BCUT2D eigenvalue weighted by Gasteiger charge is 2.19. The average molecular weight is 464 g/mol. The minimum atomic E-state index is 0.0385. The number of nitrogens with zero attached hydrogens (tertiary/aromatic N) is 2. The van der Waals surface area contributed by atoms with E-state index >= 15 is 0 Å². The van der Waals surface area contributed by atoms with Crippen molar-refractivity contribution < 1.29 is 15.6 Å². The summed E-state index contributed by atoms with van der Waals surface area (Å²) in [6.45, 7) is 1.38. The molecular formula is C25H26N4O3S. The van der Waals surface area contributed by atoms with E-state index in [4.69, 9.17) is 15.6 Å². The van der Waals surface area contributed by atoms with E-state index in [2.05, 4.69) is 32.8 Å². The molecule has 1 aliphatic heterocycles. The summed E-state index contributed by atoms with van der Waals surface area (Å²) in [5.41, 5.74) is 2.66. The van der Waals surface area contributed by atoms with Crippen LogP contribution in [-0.2, 0) is 0 Å². The first-order chi connectivity index (χ1) is 16.6. The summed E-state index contributed by atoms with van der Waals surface area (Å²) in [4.78, 5) is 10.1. The zero-order valence-electron chi connectivity index (χ0n) is 19.6. The van der Waals surface area contributed by atoms with Crippen molar-refractivity contribution in [3.05, 3.63) is 54.2 Å². The van der Waals surface area contributed by atoms with Gasteiger partial charge in [0.1, 0.15) is 25.4 Å². The van der Waals surface area contributed by atoms with Crippen LogP contribution in [0.4, 0.5) is 11.5 Å². The number of aromatic nitrogens is 2. The maximum absolute atomic E-state index is 7.78. The van der Waals surface area contributed by atoms with Gasteiger partial charge in [0.2, 0.25) is 0 Å². The number of fused-ring (bicyclic) bond motifs is 1. The third kappa shape index (κ3) is 4.58. The Morgan fingerprint density at radius 3 is 2.64 bits per heavy atom. The van der Waals surface area contributed by atoms with Crippen LogP contribution in [0.1, 0.15) is 12.8 Å². The van der Waals surface area contributed by atoms with Crippen molar-refractivity contribution in [2.45, 2.75) is 18.9 Å². The highest BCUT2D eigenvalue weighted by molar-refractivity contribution is 7.13. The third-order valence-corrected chi connectivity index (χ3v) is 6.61. The van der Waals surface area contributed by atoms with Gasteiger partial charge < -0.3 is 24.8 Å². The summed E-state index contributed by atoms with van der Waals surface area (Å²) in [6, 6.07) is 14.0. The molecule has 4 aromatic rings. The number of ether oxygens (including phenoxy) is 3. The van der Waals surface area contributed by atoms with Crippen LogP contribution < -0.4 is 24.8 Å². The van der Waals surface area contributed by atoms with Gasteiger partial charge in [-0.15, -0.1) is 11.3 Å². The molecule has 33 heavy (non-hydrogen) atoms. The van der Waals surface area contributed by atoms with Gasteiger partial charge >= 0.3 is 0 Å².